The van der Waals surface area contributed by atoms with E-state index in [1.807, 2.05) is 51.1 Å². The van der Waals surface area contributed by atoms with Crippen LogP contribution in [0.15, 0.2) is 30.3 Å². The van der Waals surface area contributed by atoms with E-state index in [1.165, 1.54) is 0 Å². The summed E-state index contributed by atoms with van der Waals surface area (Å²) < 4.78 is 10.3. The van der Waals surface area contributed by atoms with Crippen LogP contribution in [-0.2, 0) is 15.9 Å². The first-order valence-electron chi connectivity index (χ1n) is 7.50. The van der Waals surface area contributed by atoms with E-state index in [1.54, 1.807) is 7.11 Å². The summed E-state index contributed by atoms with van der Waals surface area (Å²) in [5, 5.41) is 12.9. The average molecular weight is 309 g/mol. The molecule has 22 heavy (non-hydrogen) atoms. The van der Waals surface area contributed by atoms with Crippen molar-refractivity contribution in [1.29, 1.82) is 0 Å². The second kappa shape index (κ2) is 8.76. The molecule has 1 aromatic carbocycles. The van der Waals surface area contributed by atoms with Crippen molar-refractivity contribution >= 4 is 6.09 Å². The topological polar surface area (TPSA) is 67.8 Å². The normalized spacial score (nSPS) is 14.2. The minimum absolute atomic E-state index is 0.293. The molecule has 2 N–H and O–H groups in total. The largest absolute Gasteiger partial charge is 0.444 e. The molecule has 5 nitrogen and oxygen atoms in total. The fourth-order valence-corrected chi connectivity index (χ4v) is 2.14. The molecular weight excluding hydrogens is 282 g/mol. The van der Waals surface area contributed by atoms with Crippen LogP contribution >= 0.6 is 0 Å². The third-order valence-electron chi connectivity index (χ3n) is 2.96. The van der Waals surface area contributed by atoms with Gasteiger partial charge in [0.1, 0.15) is 5.60 Å². The van der Waals surface area contributed by atoms with Gasteiger partial charge >= 0.3 is 6.09 Å². The van der Waals surface area contributed by atoms with Gasteiger partial charge in [0.15, 0.2) is 0 Å². The number of benzene rings is 1. The van der Waals surface area contributed by atoms with Crippen molar-refractivity contribution in [3.63, 3.8) is 0 Å². The van der Waals surface area contributed by atoms with Crippen molar-refractivity contribution in [3.8, 4) is 0 Å². The Kier molecular flexibility index (Phi) is 7.35. The molecule has 1 rings (SSSR count). The van der Waals surface area contributed by atoms with Gasteiger partial charge in [0.25, 0.3) is 0 Å². The van der Waals surface area contributed by atoms with Crippen molar-refractivity contribution < 1.29 is 19.4 Å². The van der Waals surface area contributed by atoms with Gasteiger partial charge in [-0.05, 0) is 39.2 Å². The maximum absolute atomic E-state index is 11.8. The molecule has 0 bridgehead atoms. The third kappa shape index (κ3) is 8.00. The van der Waals surface area contributed by atoms with Crippen LogP contribution in [0.1, 0.15) is 32.8 Å². The van der Waals surface area contributed by atoms with Gasteiger partial charge in [-0.2, -0.15) is 0 Å². The number of aliphatic hydroxyl groups is 1. The number of nitrogens with one attached hydrogen (secondary N) is 1. The Labute approximate surface area is 132 Å². The number of amides is 1. The fraction of sp³-hybridized carbons (Fsp3) is 0.588. The molecule has 1 aromatic rings. The predicted octanol–water partition coefficient (Wildman–Crippen LogP) is 2.52. The number of aliphatic hydroxyl groups excluding tert-OH is 1. The Hall–Kier alpha value is -1.59. The number of methoxy groups -OCH3 is 1. The van der Waals surface area contributed by atoms with Crippen LogP contribution in [0.2, 0.25) is 0 Å². The molecule has 2 atom stereocenters. The van der Waals surface area contributed by atoms with Crippen LogP contribution in [-0.4, -0.2) is 42.7 Å². The lowest BCUT2D eigenvalue weighted by Gasteiger charge is -2.24. The summed E-state index contributed by atoms with van der Waals surface area (Å²) in [6.45, 7) is 5.75. The second-order valence-corrected chi connectivity index (χ2v) is 6.38. The van der Waals surface area contributed by atoms with E-state index in [2.05, 4.69) is 5.32 Å². The predicted molar refractivity (Wildman–Crippen MR) is 85.8 cm³/mol. The summed E-state index contributed by atoms with van der Waals surface area (Å²) >= 11 is 0. The molecule has 124 valence electrons. The Morgan fingerprint density at radius 3 is 2.45 bits per heavy atom. The SMILES string of the molecule is COCC(CC(O)Cc1ccccc1)NC(=O)OC(C)(C)C. The molecule has 0 radical (unpaired) electrons. The quantitative estimate of drug-likeness (QED) is 0.812. The summed E-state index contributed by atoms with van der Waals surface area (Å²) in [5.74, 6) is 0. The Morgan fingerprint density at radius 2 is 1.91 bits per heavy atom. The Balaban J connectivity index is 2.50. The van der Waals surface area contributed by atoms with Gasteiger partial charge in [-0.1, -0.05) is 30.3 Å². The van der Waals surface area contributed by atoms with Gasteiger partial charge in [0, 0.05) is 7.11 Å². The number of hydrogen-bond donors (Lipinski definition) is 2. The molecule has 0 spiro atoms. The molecular formula is C17H27NO4. The molecule has 0 heterocycles. The monoisotopic (exact) mass is 309 g/mol. The van der Waals surface area contributed by atoms with E-state index in [0.29, 0.717) is 19.4 Å². The molecule has 0 aliphatic carbocycles. The lowest BCUT2D eigenvalue weighted by molar-refractivity contribution is 0.0429. The number of ether oxygens (including phenoxy) is 2. The van der Waals surface area contributed by atoms with Crippen molar-refractivity contribution in [1.82, 2.24) is 5.32 Å². The molecule has 0 aliphatic rings. The van der Waals surface area contributed by atoms with Gasteiger partial charge in [-0.25, -0.2) is 4.79 Å². The molecule has 2 unspecified atom stereocenters. The highest BCUT2D eigenvalue weighted by atomic mass is 16.6. The van der Waals surface area contributed by atoms with E-state index < -0.39 is 17.8 Å². The molecule has 0 fully saturated rings. The number of carbonyl (C=O) groups is 1. The van der Waals surface area contributed by atoms with Crippen molar-refractivity contribution in [2.45, 2.75) is 51.4 Å². The van der Waals surface area contributed by atoms with Crippen molar-refractivity contribution in [2.75, 3.05) is 13.7 Å². The van der Waals surface area contributed by atoms with Gasteiger partial charge < -0.3 is 19.9 Å². The molecule has 0 aromatic heterocycles. The first-order valence-corrected chi connectivity index (χ1v) is 7.50. The van der Waals surface area contributed by atoms with Gasteiger partial charge in [-0.15, -0.1) is 0 Å². The number of carbonyl (C=O) groups excluding carboxylic acids is 1. The number of hydrogen-bond acceptors (Lipinski definition) is 4. The lowest BCUT2D eigenvalue weighted by atomic mass is 10.0. The van der Waals surface area contributed by atoms with Crippen LogP contribution in [0.25, 0.3) is 0 Å². The highest BCUT2D eigenvalue weighted by Gasteiger charge is 2.21. The van der Waals surface area contributed by atoms with Gasteiger partial charge in [-0.3, -0.25) is 0 Å². The standard InChI is InChI=1S/C17H27NO4/c1-17(2,3)22-16(20)18-14(12-21-4)11-15(19)10-13-8-6-5-7-9-13/h5-9,14-15,19H,10-12H2,1-4H3,(H,18,20). The van der Waals surface area contributed by atoms with Crippen LogP contribution < -0.4 is 5.32 Å². The summed E-state index contributed by atoms with van der Waals surface area (Å²) in [4.78, 5) is 11.8. The molecule has 0 saturated heterocycles. The number of rotatable bonds is 7. The maximum atomic E-state index is 11.8. The zero-order valence-corrected chi connectivity index (χ0v) is 13.8. The lowest BCUT2D eigenvalue weighted by Crippen LogP contribution is -2.43. The fourth-order valence-electron chi connectivity index (χ4n) is 2.14. The zero-order valence-electron chi connectivity index (χ0n) is 13.8. The Bertz CT molecular complexity index is 442. The van der Waals surface area contributed by atoms with Crippen LogP contribution in [0.3, 0.4) is 0 Å². The summed E-state index contributed by atoms with van der Waals surface area (Å²) in [5.41, 5.74) is 0.508. The first-order chi connectivity index (χ1) is 10.3. The summed E-state index contributed by atoms with van der Waals surface area (Å²) in [6, 6.07) is 9.46. The highest BCUT2D eigenvalue weighted by molar-refractivity contribution is 5.68. The zero-order chi connectivity index (χ0) is 16.6. The van der Waals surface area contributed by atoms with Gasteiger partial charge in [0.2, 0.25) is 0 Å². The smallest absolute Gasteiger partial charge is 0.407 e. The third-order valence-corrected chi connectivity index (χ3v) is 2.96. The van der Waals surface area contributed by atoms with Crippen molar-refractivity contribution in [2.24, 2.45) is 0 Å². The Morgan fingerprint density at radius 1 is 1.27 bits per heavy atom. The average Bonchev–Trinajstić information content (AvgIpc) is 2.37. The van der Waals surface area contributed by atoms with E-state index in [0.717, 1.165) is 5.56 Å². The molecule has 0 saturated carbocycles. The minimum atomic E-state index is -0.558. The van der Waals surface area contributed by atoms with Crippen molar-refractivity contribution in [3.05, 3.63) is 35.9 Å². The summed E-state index contributed by atoms with van der Waals surface area (Å²) in [7, 11) is 1.56. The first kappa shape index (κ1) is 18.5. The van der Waals surface area contributed by atoms with E-state index >= 15 is 0 Å². The molecule has 1 amide bonds. The second-order valence-electron chi connectivity index (χ2n) is 6.38. The molecule has 0 aliphatic heterocycles. The summed E-state index contributed by atoms with van der Waals surface area (Å²) in [6.07, 6.45) is -0.113. The van der Waals surface area contributed by atoms with Crippen LogP contribution in [0.5, 0.6) is 0 Å². The van der Waals surface area contributed by atoms with E-state index in [4.69, 9.17) is 9.47 Å². The van der Waals surface area contributed by atoms with Crippen LogP contribution in [0, 0.1) is 0 Å². The minimum Gasteiger partial charge on any atom is -0.444 e. The molecule has 5 heteroatoms. The maximum Gasteiger partial charge on any atom is 0.407 e. The van der Waals surface area contributed by atoms with E-state index in [9.17, 15) is 9.90 Å². The number of alkyl carbamates (subject to hydrolysis) is 1. The van der Waals surface area contributed by atoms with Gasteiger partial charge in [0.05, 0.1) is 18.8 Å². The highest BCUT2D eigenvalue weighted by Crippen LogP contribution is 2.10. The van der Waals surface area contributed by atoms with Crippen LogP contribution in [0.4, 0.5) is 4.79 Å². The van der Waals surface area contributed by atoms with E-state index in [-0.39, 0.29) is 6.04 Å².